The van der Waals surface area contributed by atoms with E-state index in [-0.39, 0.29) is 5.60 Å². The van der Waals surface area contributed by atoms with Crippen LogP contribution in [0.25, 0.3) is 11.1 Å². The standard InChI is InChI=1S/C15H16N2O/c1-15(2)8-11-7-10(3-4-14(11)18-15)12-5-6-17-9-13(12)16/h3-7,9H,8,16H2,1-2H3. The zero-order chi connectivity index (χ0) is 12.8. The van der Waals surface area contributed by atoms with E-state index >= 15 is 0 Å². The predicted octanol–water partition coefficient (Wildman–Crippen LogP) is 3.04. The lowest BCUT2D eigenvalue weighted by Crippen LogP contribution is -2.24. The first-order valence-electron chi connectivity index (χ1n) is 6.07. The van der Waals surface area contributed by atoms with Gasteiger partial charge in [0.2, 0.25) is 0 Å². The Hall–Kier alpha value is -2.03. The van der Waals surface area contributed by atoms with Gasteiger partial charge in [0, 0.05) is 18.2 Å². The van der Waals surface area contributed by atoms with Crippen LogP contribution in [0.5, 0.6) is 5.75 Å². The summed E-state index contributed by atoms with van der Waals surface area (Å²) < 4.78 is 5.87. The molecule has 0 amide bonds. The smallest absolute Gasteiger partial charge is 0.123 e. The number of aromatic nitrogens is 1. The van der Waals surface area contributed by atoms with E-state index < -0.39 is 0 Å². The van der Waals surface area contributed by atoms with Crippen LogP contribution in [0.4, 0.5) is 5.69 Å². The van der Waals surface area contributed by atoms with Crippen molar-refractivity contribution in [2.45, 2.75) is 25.9 Å². The summed E-state index contributed by atoms with van der Waals surface area (Å²) in [5, 5.41) is 0. The van der Waals surface area contributed by atoms with Crippen LogP contribution in [-0.4, -0.2) is 10.6 Å². The van der Waals surface area contributed by atoms with E-state index in [1.165, 1.54) is 5.56 Å². The first-order valence-corrected chi connectivity index (χ1v) is 6.07. The number of pyridine rings is 1. The lowest BCUT2D eigenvalue weighted by atomic mass is 9.97. The Kier molecular flexibility index (Phi) is 2.30. The van der Waals surface area contributed by atoms with Crippen LogP contribution in [0.2, 0.25) is 0 Å². The van der Waals surface area contributed by atoms with Gasteiger partial charge in [-0.15, -0.1) is 0 Å². The highest BCUT2D eigenvalue weighted by Gasteiger charge is 2.29. The molecule has 3 rings (SSSR count). The normalized spacial score (nSPS) is 16.1. The van der Waals surface area contributed by atoms with Gasteiger partial charge in [-0.1, -0.05) is 6.07 Å². The van der Waals surface area contributed by atoms with Gasteiger partial charge in [0.25, 0.3) is 0 Å². The molecule has 0 bridgehead atoms. The second-order valence-corrected chi connectivity index (χ2v) is 5.32. The number of hydrogen-bond acceptors (Lipinski definition) is 3. The van der Waals surface area contributed by atoms with Crippen molar-refractivity contribution in [3.8, 4) is 16.9 Å². The minimum atomic E-state index is -0.106. The number of nitrogens with zero attached hydrogens (tertiary/aromatic N) is 1. The van der Waals surface area contributed by atoms with Crippen LogP contribution in [-0.2, 0) is 6.42 Å². The van der Waals surface area contributed by atoms with E-state index in [9.17, 15) is 0 Å². The zero-order valence-corrected chi connectivity index (χ0v) is 10.6. The highest BCUT2D eigenvalue weighted by Crippen LogP contribution is 2.38. The molecule has 0 aliphatic carbocycles. The van der Waals surface area contributed by atoms with Gasteiger partial charge in [0.1, 0.15) is 11.4 Å². The van der Waals surface area contributed by atoms with E-state index in [2.05, 4.69) is 24.9 Å². The fourth-order valence-corrected chi connectivity index (χ4v) is 2.45. The summed E-state index contributed by atoms with van der Waals surface area (Å²) in [6, 6.07) is 8.18. The largest absolute Gasteiger partial charge is 0.487 e. The van der Waals surface area contributed by atoms with E-state index in [0.717, 1.165) is 23.3 Å². The molecule has 1 aliphatic rings. The van der Waals surface area contributed by atoms with Crippen molar-refractivity contribution in [1.29, 1.82) is 0 Å². The van der Waals surface area contributed by atoms with E-state index in [0.29, 0.717) is 5.69 Å². The molecular weight excluding hydrogens is 224 g/mol. The molecule has 0 saturated carbocycles. The van der Waals surface area contributed by atoms with Crippen molar-refractivity contribution in [1.82, 2.24) is 4.98 Å². The average Bonchev–Trinajstić information content (AvgIpc) is 2.62. The lowest BCUT2D eigenvalue weighted by Gasteiger charge is -2.16. The van der Waals surface area contributed by atoms with Crippen molar-refractivity contribution in [3.63, 3.8) is 0 Å². The van der Waals surface area contributed by atoms with Crippen molar-refractivity contribution in [2.24, 2.45) is 0 Å². The Labute approximate surface area is 107 Å². The summed E-state index contributed by atoms with van der Waals surface area (Å²) >= 11 is 0. The highest BCUT2D eigenvalue weighted by molar-refractivity contribution is 5.76. The van der Waals surface area contributed by atoms with Gasteiger partial charge in [-0.2, -0.15) is 0 Å². The molecule has 0 radical (unpaired) electrons. The summed E-state index contributed by atoms with van der Waals surface area (Å²) in [6.45, 7) is 4.21. The maximum Gasteiger partial charge on any atom is 0.123 e. The molecule has 0 unspecified atom stereocenters. The molecule has 2 N–H and O–H groups in total. The van der Waals surface area contributed by atoms with Crippen molar-refractivity contribution >= 4 is 5.69 Å². The van der Waals surface area contributed by atoms with Gasteiger partial charge < -0.3 is 10.5 Å². The van der Waals surface area contributed by atoms with Crippen molar-refractivity contribution in [3.05, 3.63) is 42.2 Å². The Morgan fingerprint density at radius 2 is 2.11 bits per heavy atom. The molecule has 0 atom stereocenters. The summed E-state index contributed by atoms with van der Waals surface area (Å²) in [5.41, 5.74) is 9.95. The van der Waals surface area contributed by atoms with Crippen molar-refractivity contribution < 1.29 is 4.74 Å². The number of nitrogens with two attached hydrogens (primary N) is 1. The minimum absolute atomic E-state index is 0.106. The van der Waals surface area contributed by atoms with Gasteiger partial charge >= 0.3 is 0 Å². The van der Waals surface area contributed by atoms with E-state index in [1.54, 1.807) is 12.4 Å². The molecule has 1 aromatic heterocycles. The van der Waals surface area contributed by atoms with Gasteiger partial charge in [-0.05, 0) is 43.2 Å². The Morgan fingerprint density at radius 3 is 2.89 bits per heavy atom. The third-order valence-corrected chi connectivity index (χ3v) is 3.23. The van der Waals surface area contributed by atoms with Gasteiger partial charge in [-0.3, -0.25) is 4.98 Å². The van der Waals surface area contributed by atoms with Gasteiger partial charge in [0.15, 0.2) is 0 Å². The number of rotatable bonds is 1. The molecule has 1 aliphatic heterocycles. The third-order valence-electron chi connectivity index (χ3n) is 3.23. The topological polar surface area (TPSA) is 48.1 Å². The molecule has 18 heavy (non-hydrogen) atoms. The van der Waals surface area contributed by atoms with Crippen LogP contribution in [0.1, 0.15) is 19.4 Å². The molecule has 3 nitrogen and oxygen atoms in total. The number of nitrogen functional groups attached to an aromatic ring is 1. The SMILES string of the molecule is CC1(C)Cc2cc(-c3ccncc3N)ccc2O1. The van der Waals surface area contributed by atoms with Crippen LogP contribution < -0.4 is 10.5 Å². The quantitative estimate of drug-likeness (QED) is 0.833. The van der Waals surface area contributed by atoms with Crippen LogP contribution in [0.15, 0.2) is 36.7 Å². The fourth-order valence-electron chi connectivity index (χ4n) is 2.45. The third kappa shape index (κ3) is 1.82. The molecule has 3 heteroatoms. The molecule has 2 aromatic rings. The van der Waals surface area contributed by atoms with Gasteiger partial charge in [0.05, 0.1) is 11.9 Å². The molecule has 0 saturated heterocycles. The minimum Gasteiger partial charge on any atom is -0.487 e. The average molecular weight is 240 g/mol. The number of anilines is 1. The monoisotopic (exact) mass is 240 g/mol. The lowest BCUT2D eigenvalue weighted by molar-refractivity contribution is 0.138. The number of benzene rings is 1. The molecule has 1 aromatic carbocycles. The maximum absolute atomic E-state index is 5.96. The molecule has 2 heterocycles. The summed E-state index contributed by atoms with van der Waals surface area (Å²) in [4.78, 5) is 4.02. The summed E-state index contributed by atoms with van der Waals surface area (Å²) in [7, 11) is 0. The molecular formula is C15H16N2O. The number of fused-ring (bicyclic) bond motifs is 1. The van der Waals surface area contributed by atoms with Crippen LogP contribution >= 0.6 is 0 Å². The predicted molar refractivity (Wildman–Crippen MR) is 72.5 cm³/mol. The van der Waals surface area contributed by atoms with Gasteiger partial charge in [-0.25, -0.2) is 0 Å². The van der Waals surface area contributed by atoms with E-state index in [4.69, 9.17) is 10.5 Å². The first kappa shape index (κ1) is 11.1. The Bertz CT molecular complexity index is 605. The fraction of sp³-hybridized carbons (Fsp3) is 0.267. The first-order chi connectivity index (χ1) is 8.55. The van der Waals surface area contributed by atoms with Crippen LogP contribution in [0, 0.1) is 0 Å². The number of hydrogen-bond donors (Lipinski definition) is 1. The number of ether oxygens (including phenoxy) is 1. The van der Waals surface area contributed by atoms with E-state index in [1.807, 2.05) is 18.2 Å². The van der Waals surface area contributed by atoms with Crippen LogP contribution in [0.3, 0.4) is 0 Å². The molecule has 92 valence electrons. The van der Waals surface area contributed by atoms with Crippen molar-refractivity contribution in [2.75, 3.05) is 5.73 Å². The molecule has 0 fully saturated rings. The Balaban J connectivity index is 2.05. The molecule has 0 spiro atoms. The second-order valence-electron chi connectivity index (χ2n) is 5.32. The second kappa shape index (κ2) is 3.73. The maximum atomic E-state index is 5.96. The Morgan fingerprint density at radius 1 is 1.28 bits per heavy atom. The summed E-state index contributed by atoms with van der Waals surface area (Å²) in [5.74, 6) is 0.983. The zero-order valence-electron chi connectivity index (χ0n) is 10.6. The summed E-state index contributed by atoms with van der Waals surface area (Å²) in [6.07, 6.45) is 4.38. The highest BCUT2D eigenvalue weighted by atomic mass is 16.5.